The molecule has 0 aliphatic heterocycles. The Kier molecular flexibility index (Phi) is 8.17. The number of hydrogen-bond acceptors (Lipinski definition) is 6. The summed E-state index contributed by atoms with van der Waals surface area (Å²) in [6.07, 6.45) is 3.37. The van der Waals surface area contributed by atoms with Gasteiger partial charge in [-0.3, -0.25) is 4.79 Å². The van der Waals surface area contributed by atoms with Crippen LogP contribution >= 0.6 is 0 Å². The summed E-state index contributed by atoms with van der Waals surface area (Å²) in [7, 11) is 0. The van der Waals surface area contributed by atoms with Crippen molar-refractivity contribution in [2.45, 2.75) is 45.4 Å². The van der Waals surface area contributed by atoms with Gasteiger partial charge in [0, 0.05) is 12.0 Å². The normalized spacial score (nSPS) is 15.0. The summed E-state index contributed by atoms with van der Waals surface area (Å²) in [6.45, 7) is 4.39. The van der Waals surface area contributed by atoms with E-state index >= 15 is 0 Å². The van der Waals surface area contributed by atoms with Crippen LogP contribution in [-0.4, -0.2) is 28.8 Å². The molecule has 0 amide bonds. The molecule has 1 aliphatic carbocycles. The quantitative estimate of drug-likeness (QED) is 0.525. The van der Waals surface area contributed by atoms with Gasteiger partial charge >= 0.3 is 12.1 Å². The summed E-state index contributed by atoms with van der Waals surface area (Å²) in [5.74, 6) is 1.36. The zero-order valence-corrected chi connectivity index (χ0v) is 18.7. The smallest absolute Gasteiger partial charge is 0.373 e. The van der Waals surface area contributed by atoms with E-state index in [0.29, 0.717) is 25.3 Å². The number of hydrogen-bond donors (Lipinski definition) is 1. The SMILES string of the molecule is CCC(C(=O)O)C1CCc2cc(OCCc3nc(-c4ccccc4)oc3C)ccc21.O=C=O. The Morgan fingerprint density at radius 3 is 2.64 bits per heavy atom. The van der Waals surface area contributed by atoms with Crippen molar-refractivity contribution in [2.75, 3.05) is 6.61 Å². The first kappa shape index (κ1) is 24.0. The van der Waals surface area contributed by atoms with Gasteiger partial charge in [-0.2, -0.15) is 9.59 Å². The molecule has 0 radical (unpaired) electrons. The standard InChI is InChI=1S/C25H27NO4.CO2/c1-3-20(25(27)28)22-11-9-18-15-19(10-12-21(18)22)29-14-13-23-16(2)30-24(26-23)17-7-5-4-6-8-17;2-1-3/h4-8,10,12,15,20,22H,3,9,11,13-14H2,1-2H3,(H,27,28);. The maximum atomic E-state index is 11.6. The van der Waals surface area contributed by atoms with Crippen molar-refractivity contribution in [3.63, 3.8) is 0 Å². The Labute approximate surface area is 192 Å². The first-order valence-corrected chi connectivity index (χ1v) is 11.0. The molecule has 2 unspecified atom stereocenters. The number of aryl methyl sites for hydroxylation is 2. The van der Waals surface area contributed by atoms with Crippen LogP contribution in [0.3, 0.4) is 0 Å². The lowest BCUT2D eigenvalue weighted by molar-refractivity contribution is -0.191. The molecule has 0 bridgehead atoms. The zero-order chi connectivity index (χ0) is 23.8. The predicted molar refractivity (Wildman–Crippen MR) is 120 cm³/mol. The van der Waals surface area contributed by atoms with Gasteiger partial charge in [0.15, 0.2) is 0 Å². The molecule has 33 heavy (non-hydrogen) atoms. The second kappa shape index (κ2) is 11.2. The van der Waals surface area contributed by atoms with Crippen LogP contribution in [0.4, 0.5) is 0 Å². The topological polar surface area (TPSA) is 107 Å². The molecule has 2 aromatic carbocycles. The van der Waals surface area contributed by atoms with Crippen LogP contribution in [0.25, 0.3) is 11.5 Å². The zero-order valence-electron chi connectivity index (χ0n) is 18.7. The monoisotopic (exact) mass is 449 g/mol. The number of aliphatic carboxylic acids is 1. The summed E-state index contributed by atoms with van der Waals surface area (Å²) in [6, 6.07) is 15.9. The van der Waals surface area contributed by atoms with Gasteiger partial charge in [0.25, 0.3) is 0 Å². The van der Waals surface area contributed by atoms with Crippen LogP contribution in [0.1, 0.15) is 48.3 Å². The minimum Gasteiger partial charge on any atom is -0.493 e. The highest BCUT2D eigenvalue weighted by molar-refractivity contribution is 5.72. The molecule has 0 saturated carbocycles. The highest BCUT2D eigenvalue weighted by Crippen LogP contribution is 2.41. The van der Waals surface area contributed by atoms with Crippen molar-refractivity contribution in [2.24, 2.45) is 5.92 Å². The Hall–Kier alpha value is -3.70. The lowest BCUT2D eigenvalue weighted by Crippen LogP contribution is -2.19. The number of carboxylic acids is 1. The Balaban J connectivity index is 0.000000968. The molecule has 1 heterocycles. The number of carbonyl (C=O) groups excluding carboxylic acids is 2. The van der Waals surface area contributed by atoms with Gasteiger partial charge in [-0.05, 0) is 67.5 Å². The molecule has 7 heteroatoms. The fraction of sp³-hybridized carbons (Fsp3) is 0.346. The first-order chi connectivity index (χ1) is 16.0. The molecular weight excluding hydrogens is 422 g/mol. The van der Waals surface area contributed by atoms with E-state index < -0.39 is 5.97 Å². The number of ether oxygens (including phenoxy) is 1. The van der Waals surface area contributed by atoms with Gasteiger partial charge in [-0.15, -0.1) is 0 Å². The van der Waals surface area contributed by atoms with Crippen LogP contribution in [-0.2, 0) is 27.2 Å². The number of carboxylic acid groups (broad SMARTS) is 1. The maximum Gasteiger partial charge on any atom is 0.373 e. The Morgan fingerprint density at radius 1 is 1.24 bits per heavy atom. The Morgan fingerprint density at radius 2 is 1.97 bits per heavy atom. The Bertz CT molecular complexity index is 1120. The van der Waals surface area contributed by atoms with Crippen LogP contribution in [0, 0.1) is 12.8 Å². The lowest BCUT2D eigenvalue weighted by Gasteiger charge is -2.19. The third-order valence-electron chi connectivity index (χ3n) is 6.00. The molecular formula is C26H27NO6. The third-order valence-corrected chi connectivity index (χ3v) is 6.00. The third kappa shape index (κ3) is 5.76. The largest absolute Gasteiger partial charge is 0.493 e. The van der Waals surface area contributed by atoms with Gasteiger partial charge in [0.2, 0.25) is 5.89 Å². The number of benzene rings is 2. The molecule has 1 aliphatic rings. The van der Waals surface area contributed by atoms with Crippen molar-refractivity contribution < 1.29 is 28.6 Å². The summed E-state index contributed by atoms with van der Waals surface area (Å²) in [4.78, 5) is 32.4. The highest BCUT2D eigenvalue weighted by atomic mass is 16.5. The van der Waals surface area contributed by atoms with Crippen molar-refractivity contribution in [3.8, 4) is 17.2 Å². The predicted octanol–water partition coefficient (Wildman–Crippen LogP) is 4.83. The van der Waals surface area contributed by atoms with Gasteiger partial charge < -0.3 is 14.3 Å². The number of fused-ring (bicyclic) bond motifs is 1. The summed E-state index contributed by atoms with van der Waals surface area (Å²) < 4.78 is 11.8. The van der Waals surface area contributed by atoms with Crippen molar-refractivity contribution in [3.05, 3.63) is 71.1 Å². The minimum absolute atomic E-state index is 0.103. The average molecular weight is 450 g/mol. The maximum absolute atomic E-state index is 11.6. The summed E-state index contributed by atoms with van der Waals surface area (Å²) in [5, 5.41) is 9.50. The molecule has 0 spiro atoms. The number of oxazole rings is 1. The number of carbonyl (C=O) groups is 1. The van der Waals surface area contributed by atoms with E-state index in [1.807, 2.05) is 56.3 Å². The van der Waals surface area contributed by atoms with E-state index in [1.54, 1.807) is 0 Å². The van der Waals surface area contributed by atoms with Crippen molar-refractivity contribution in [1.29, 1.82) is 0 Å². The van der Waals surface area contributed by atoms with Crippen LogP contribution < -0.4 is 4.74 Å². The molecule has 0 saturated heterocycles. The fourth-order valence-electron chi connectivity index (χ4n) is 4.40. The summed E-state index contributed by atoms with van der Waals surface area (Å²) >= 11 is 0. The van der Waals surface area contributed by atoms with Crippen LogP contribution in [0.15, 0.2) is 52.9 Å². The van der Waals surface area contributed by atoms with Crippen LogP contribution in [0.2, 0.25) is 0 Å². The van der Waals surface area contributed by atoms with E-state index in [4.69, 9.17) is 18.7 Å². The molecule has 0 fully saturated rings. The highest BCUT2D eigenvalue weighted by Gasteiger charge is 2.33. The van der Waals surface area contributed by atoms with Crippen molar-refractivity contribution in [1.82, 2.24) is 4.98 Å². The average Bonchev–Trinajstić information content (AvgIpc) is 3.39. The lowest BCUT2D eigenvalue weighted by atomic mass is 9.85. The second-order valence-corrected chi connectivity index (χ2v) is 7.93. The van der Waals surface area contributed by atoms with E-state index in [1.165, 1.54) is 5.56 Å². The fourth-order valence-corrected chi connectivity index (χ4v) is 4.40. The van der Waals surface area contributed by atoms with E-state index in [9.17, 15) is 9.90 Å². The minimum atomic E-state index is -0.700. The van der Waals surface area contributed by atoms with Crippen LogP contribution in [0.5, 0.6) is 5.75 Å². The van der Waals surface area contributed by atoms with Gasteiger partial charge in [0.05, 0.1) is 18.2 Å². The van der Waals surface area contributed by atoms with E-state index in [0.717, 1.165) is 41.2 Å². The second-order valence-electron chi connectivity index (χ2n) is 7.93. The number of aromatic nitrogens is 1. The molecule has 7 nitrogen and oxygen atoms in total. The molecule has 2 atom stereocenters. The number of nitrogens with zero attached hydrogens (tertiary/aromatic N) is 1. The molecule has 3 aromatic rings. The van der Waals surface area contributed by atoms with Gasteiger partial charge in [0.1, 0.15) is 11.5 Å². The van der Waals surface area contributed by atoms with E-state index in [-0.39, 0.29) is 18.0 Å². The van der Waals surface area contributed by atoms with E-state index in [2.05, 4.69) is 11.1 Å². The van der Waals surface area contributed by atoms with Gasteiger partial charge in [-0.1, -0.05) is 31.2 Å². The number of rotatable bonds is 8. The molecule has 172 valence electrons. The first-order valence-electron chi connectivity index (χ1n) is 11.0. The van der Waals surface area contributed by atoms with Gasteiger partial charge in [-0.25, -0.2) is 4.98 Å². The van der Waals surface area contributed by atoms with Crippen molar-refractivity contribution >= 4 is 12.1 Å². The molecule has 1 aromatic heterocycles. The molecule has 4 rings (SSSR count). The molecule has 1 N–H and O–H groups in total. The summed E-state index contributed by atoms with van der Waals surface area (Å²) in [5.41, 5.74) is 4.24.